The summed E-state index contributed by atoms with van der Waals surface area (Å²) in [6.45, 7) is 6.75. The SMILES string of the molecule is CCCCCCCCCCCCCCCCCCNCCC(=O)OCCCC. The molecule has 3 nitrogen and oxygen atoms in total. The monoisotopic (exact) mass is 397 g/mol. The second kappa shape index (κ2) is 24.5. The average Bonchev–Trinajstić information content (AvgIpc) is 2.70. The zero-order valence-electron chi connectivity index (χ0n) is 19.4. The fraction of sp³-hybridized carbons (Fsp3) is 0.960. The third-order valence-corrected chi connectivity index (χ3v) is 5.47. The van der Waals surface area contributed by atoms with E-state index in [1.165, 1.54) is 103 Å². The van der Waals surface area contributed by atoms with Crippen molar-refractivity contribution in [3.63, 3.8) is 0 Å². The molecule has 0 spiro atoms. The molecule has 0 heterocycles. The van der Waals surface area contributed by atoms with E-state index in [1.807, 2.05) is 0 Å². The first kappa shape index (κ1) is 27.4. The Kier molecular flexibility index (Phi) is 24.0. The minimum atomic E-state index is -0.0621. The van der Waals surface area contributed by atoms with Crippen LogP contribution in [0.2, 0.25) is 0 Å². The molecular weight excluding hydrogens is 346 g/mol. The van der Waals surface area contributed by atoms with Crippen LogP contribution >= 0.6 is 0 Å². The third kappa shape index (κ3) is 23.5. The summed E-state index contributed by atoms with van der Waals surface area (Å²) in [5.74, 6) is -0.0621. The molecule has 0 aromatic heterocycles. The number of carbonyl (C=O) groups excluding carboxylic acids is 1. The maximum Gasteiger partial charge on any atom is 0.307 e. The minimum Gasteiger partial charge on any atom is -0.466 e. The normalized spacial score (nSPS) is 11.1. The largest absolute Gasteiger partial charge is 0.466 e. The molecule has 0 aliphatic heterocycles. The summed E-state index contributed by atoms with van der Waals surface area (Å²) in [5.41, 5.74) is 0. The molecule has 1 N–H and O–H groups in total. The molecule has 3 heteroatoms. The molecule has 0 rings (SSSR count). The second-order valence-electron chi connectivity index (χ2n) is 8.38. The minimum absolute atomic E-state index is 0.0621. The summed E-state index contributed by atoms with van der Waals surface area (Å²) in [5, 5.41) is 3.36. The van der Waals surface area contributed by atoms with Crippen LogP contribution in [-0.4, -0.2) is 25.7 Å². The van der Waals surface area contributed by atoms with Crippen LogP contribution in [0.4, 0.5) is 0 Å². The number of esters is 1. The topological polar surface area (TPSA) is 38.3 Å². The van der Waals surface area contributed by atoms with Gasteiger partial charge in [-0.05, 0) is 19.4 Å². The summed E-state index contributed by atoms with van der Waals surface area (Å²) in [4.78, 5) is 11.4. The Labute approximate surface area is 176 Å². The van der Waals surface area contributed by atoms with Gasteiger partial charge in [-0.1, -0.05) is 117 Å². The molecule has 0 aromatic rings. The lowest BCUT2D eigenvalue weighted by Gasteiger charge is -2.06. The fourth-order valence-electron chi connectivity index (χ4n) is 3.52. The first-order chi connectivity index (χ1) is 13.8. The van der Waals surface area contributed by atoms with Crippen molar-refractivity contribution in [3.8, 4) is 0 Å². The van der Waals surface area contributed by atoms with Gasteiger partial charge in [-0.15, -0.1) is 0 Å². The van der Waals surface area contributed by atoms with Crippen LogP contribution in [0.25, 0.3) is 0 Å². The predicted molar refractivity (Wildman–Crippen MR) is 123 cm³/mol. The van der Waals surface area contributed by atoms with E-state index < -0.39 is 0 Å². The predicted octanol–water partition coefficient (Wildman–Crippen LogP) is 7.57. The molecule has 0 bridgehead atoms. The van der Waals surface area contributed by atoms with Gasteiger partial charge in [-0.2, -0.15) is 0 Å². The van der Waals surface area contributed by atoms with E-state index in [2.05, 4.69) is 19.2 Å². The maximum absolute atomic E-state index is 11.4. The number of carbonyl (C=O) groups is 1. The van der Waals surface area contributed by atoms with Crippen LogP contribution in [0.15, 0.2) is 0 Å². The van der Waals surface area contributed by atoms with Crippen LogP contribution in [0, 0.1) is 0 Å². The lowest BCUT2D eigenvalue weighted by atomic mass is 10.0. The number of hydrogen-bond acceptors (Lipinski definition) is 3. The van der Waals surface area contributed by atoms with Gasteiger partial charge in [0.2, 0.25) is 0 Å². The van der Waals surface area contributed by atoms with Crippen molar-refractivity contribution in [1.82, 2.24) is 5.32 Å². The summed E-state index contributed by atoms with van der Waals surface area (Å²) in [6, 6.07) is 0. The van der Waals surface area contributed by atoms with Crippen molar-refractivity contribution in [2.24, 2.45) is 0 Å². The number of unbranched alkanes of at least 4 members (excludes halogenated alkanes) is 16. The van der Waals surface area contributed by atoms with Gasteiger partial charge in [0, 0.05) is 6.54 Å². The van der Waals surface area contributed by atoms with Gasteiger partial charge in [-0.3, -0.25) is 4.79 Å². The van der Waals surface area contributed by atoms with Gasteiger partial charge in [0.05, 0.1) is 13.0 Å². The summed E-state index contributed by atoms with van der Waals surface area (Å²) in [7, 11) is 0. The second-order valence-corrected chi connectivity index (χ2v) is 8.38. The Morgan fingerprint density at radius 1 is 0.571 bits per heavy atom. The van der Waals surface area contributed by atoms with Crippen LogP contribution in [0.3, 0.4) is 0 Å². The number of ether oxygens (including phenoxy) is 1. The lowest BCUT2D eigenvalue weighted by Crippen LogP contribution is -2.20. The molecular formula is C25H51NO2. The van der Waals surface area contributed by atoms with Crippen LogP contribution in [0.5, 0.6) is 0 Å². The van der Waals surface area contributed by atoms with Crippen molar-refractivity contribution in [2.45, 2.75) is 136 Å². The Hall–Kier alpha value is -0.570. The molecule has 0 aromatic carbocycles. The first-order valence-corrected chi connectivity index (χ1v) is 12.7. The van der Waals surface area contributed by atoms with E-state index in [-0.39, 0.29) is 5.97 Å². The number of hydrogen-bond donors (Lipinski definition) is 1. The molecule has 0 aliphatic rings. The Bertz CT molecular complexity index is 307. The van der Waals surface area contributed by atoms with E-state index in [0.717, 1.165) is 25.9 Å². The van der Waals surface area contributed by atoms with E-state index in [4.69, 9.17) is 4.74 Å². The van der Waals surface area contributed by atoms with E-state index in [9.17, 15) is 4.79 Å². The van der Waals surface area contributed by atoms with Gasteiger partial charge in [0.25, 0.3) is 0 Å². The van der Waals surface area contributed by atoms with Crippen LogP contribution < -0.4 is 5.32 Å². The van der Waals surface area contributed by atoms with Gasteiger partial charge in [-0.25, -0.2) is 0 Å². The quantitative estimate of drug-likeness (QED) is 0.143. The highest BCUT2D eigenvalue weighted by Crippen LogP contribution is 2.13. The van der Waals surface area contributed by atoms with Gasteiger partial charge >= 0.3 is 5.97 Å². The van der Waals surface area contributed by atoms with Crippen LogP contribution in [0.1, 0.15) is 136 Å². The van der Waals surface area contributed by atoms with Crippen molar-refractivity contribution in [1.29, 1.82) is 0 Å². The Balaban J connectivity index is 3.06. The van der Waals surface area contributed by atoms with Crippen molar-refractivity contribution in [3.05, 3.63) is 0 Å². The highest BCUT2D eigenvalue weighted by molar-refractivity contribution is 5.69. The molecule has 0 amide bonds. The highest BCUT2D eigenvalue weighted by atomic mass is 16.5. The van der Waals surface area contributed by atoms with Crippen molar-refractivity contribution < 1.29 is 9.53 Å². The summed E-state index contributed by atoms with van der Waals surface area (Å²) < 4.78 is 5.14. The van der Waals surface area contributed by atoms with E-state index in [0.29, 0.717) is 13.0 Å². The molecule has 0 radical (unpaired) electrons. The van der Waals surface area contributed by atoms with Crippen molar-refractivity contribution >= 4 is 5.97 Å². The number of nitrogens with one attached hydrogen (secondary N) is 1. The first-order valence-electron chi connectivity index (χ1n) is 12.7. The molecule has 168 valence electrons. The standard InChI is InChI=1S/C25H51NO2/c1-3-5-7-8-9-10-11-12-13-14-15-16-17-18-19-20-22-26-23-21-25(27)28-24-6-4-2/h26H,3-24H2,1-2H3. The van der Waals surface area contributed by atoms with Crippen molar-refractivity contribution in [2.75, 3.05) is 19.7 Å². The Morgan fingerprint density at radius 2 is 1.00 bits per heavy atom. The molecule has 0 saturated heterocycles. The zero-order valence-corrected chi connectivity index (χ0v) is 19.4. The third-order valence-electron chi connectivity index (χ3n) is 5.47. The van der Waals surface area contributed by atoms with Gasteiger partial charge in [0.15, 0.2) is 0 Å². The maximum atomic E-state index is 11.4. The van der Waals surface area contributed by atoms with E-state index in [1.54, 1.807) is 0 Å². The summed E-state index contributed by atoms with van der Waals surface area (Å²) in [6.07, 6.45) is 25.0. The fourth-order valence-corrected chi connectivity index (χ4v) is 3.52. The van der Waals surface area contributed by atoms with Gasteiger partial charge < -0.3 is 10.1 Å². The van der Waals surface area contributed by atoms with E-state index >= 15 is 0 Å². The molecule has 0 fully saturated rings. The molecule has 0 aliphatic carbocycles. The molecule has 28 heavy (non-hydrogen) atoms. The number of rotatable bonds is 23. The molecule has 0 unspecified atom stereocenters. The zero-order chi connectivity index (χ0) is 20.5. The lowest BCUT2D eigenvalue weighted by molar-refractivity contribution is -0.143. The smallest absolute Gasteiger partial charge is 0.307 e. The highest BCUT2D eigenvalue weighted by Gasteiger charge is 2.01. The average molecular weight is 398 g/mol. The molecule has 0 atom stereocenters. The van der Waals surface area contributed by atoms with Crippen LogP contribution in [-0.2, 0) is 9.53 Å². The Morgan fingerprint density at radius 3 is 1.46 bits per heavy atom. The van der Waals surface area contributed by atoms with Gasteiger partial charge in [0.1, 0.15) is 0 Å². The molecule has 0 saturated carbocycles. The summed E-state index contributed by atoms with van der Waals surface area (Å²) >= 11 is 0.